The summed E-state index contributed by atoms with van der Waals surface area (Å²) in [5, 5.41) is 0. The Hall–Kier alpha value is -3.55. The van der Waals surface area contributed by atoms with E-state index in [-0.39, 0.29) is 27.2 Å². The molecule has 0 aromatic heterocycles. The number of alkyl halides is 2. The van der Waals surface area contributed by atoms with E-state index in [0.29, 0.717) is 11.8 Å². The van der Waals surface area contributed by atoms with Crippen LogP contribution in [0.2, 0.25) is 0 Å². The number of aryl methyl sites for hydroxylation is 2. The molecule has 1 heterocycles. The molecule has 7 atom stereocenters. The first-order chi connectivity index (χ1) is 34.2. The molecule has 1 aliphatic heterocycles. The van der Waals surface area contributed by atoms with Gasteiger partial charge in [0.2, 0.25) is 0 Å². The van der Waals surface area contributed by atoms with Gasteiger partial charge in [-0.25, -0.2) is 4.79 Å². The second-order valence-electron chi connectivity index (χ2n) is 21.4. The third-order valence-electron chi connectivity index (χ3n) is 18.3. The topological polar surface area (TPSA) is 44.8 Å². The van der Waals surface area contributed by atoms with Crippen LogP contribution in [-0.4, -0.2) is 41.1 Å². The molecule has 0 amide bonds. The van der Waals surface area contributed by atoms with Crippen LogP contribution in [0.15, 0.2) is 72.8 Å². The molecule has 1 spiro atoms. The Morgan fingerprint density at radius 1 is 0.614 bits per heavy atom. The minimum atomic E-state index is -0.835. The predicted octanol–water partition coefficient (Wildman–Crippen LogP) is 15.9. The quantitative estimate of drug-likeness (QED) is 0.0644. The standard InChI is InChI=1S/C62H68Cl2O4S2/c1-7-37-29-35(31-49(63)69-9-3)21-25-43(37)60(45-27-23-41(33-47(45)66-5)39-17-13-11-14-18-39)55-51-52(55)56(60)54-57-53(51)59(65)68-62(57)58(54)61(62,44-26-22-36(30-38(44)8-2)32-50(64)70-10-4)46-28-24-42(34-48(46)67-6)40-19-15-12-16-20-40/h21-30,33-34,39-40,49-50,55,58H,7-20,31-32H2,1-6H3. The maximum absolute atomic E-state index is 15.2. The van der Waals surface area contributed by atoms with Gasteiger partial charge in [-0.1, -0.05) is 127 Å². The molecule has 6 aliphatic carbocycles. The number of hydrogen-bond acceptors (Lipinski definition) is 6. The first kappa shape index (κ1) is 47.5. The van der Waals surface area contributed by atoms with Crippen molar-refractivity contribution in [1.82, 2.24) is 0 Å². The third-order valence-corrected chi connectivity index (χ3v) is 21.1. The molecule has 5 aromatic rings. The maximum Gasteiger partial charge on any atom is 0.339 e. The molecule has 8 heteroatoms. The van der Waals surface area contributed by atoms with Gasteiger partial charge in [0.15, 0.2) is 5.60 Å². The van der Waals surface area contributed by atoms with Gasteiger partial charge in [0.1, 0.15) is 11.5 Å². The van der Waals surface area contributed by atoms with Gasteiger partial charge in [-0.2, -0.15) is 0 Å². The Morgan fingerprint density at radius 3 is 1.67 bits per heavy atom. The zero-order valence-electron chi connectivity index (χ0n) is 41.9. The monoisotopic (exact) mass is 1010 g/mol. The number of carbonyl (C=O) groups is 1. The molecule has 4 nitrogen and oxygen atoms in total. The van der Waals surface area contributed by atoms with Crippen LogP contribution in [0.1, 0.15) is 209 Å². The van der Waals surface area contributed by atoms with Crippen molar-refractivity contribution in [2.45, 2.75) is 167 Å². The summed E-state index contributed by atoms with van der Waals surface area (Å²) in [6.07, 6.45) is 15.9. The van der Waals surface area contributed by atoms with Crippen LogP contribution in [0, 0.1) is 0 Å². The molecule has 7 aliphatic rings. The Labute approximate surface area is 435 Å². The van der Waals surface area contributed by atoms with E-state index >= 15 is 4.79 Å². The predicted molar refractivity (Wildman–Crippen MR) is 291 cm³/mol. The summed E-state index contributed by atoms with van der Waals surface area (Å²) in [6, 6.07) is 28.6. The smallest absolute Gasteiger partial charge is 0.339 e. The fourth-order valence-electron chi connectivity index (χ4n) is 15.4. The lowest BCUT2D eigenvalue weighted by atomic mass is 9.55. The van der Waals surface area contributed by atoms with Crippen molar-refractivity contribution in [3.63, 3.8) is 0 Å². The van der Waals surface area contributed by atoms with Crippen molar-refractivity contribution < 1.29 is 19.0 Å². The zero-order valence-corrected chi connectivity index (χ0v) is 45.1. The van der Waals surface area contributed by atoms with E-state index in [1.165, 1.54) is 137 Å². The van der Waals surface area contributed by atoms with E-state index < -0.39 is 16.4 Å². The summed E-state index contributed by atoms with van der Waals surface area (Å²) in [5.41, 5.74) is 18.0. The maximum atomic E-state index is 15.2. The van der Waals surface area contributed by atoms with E-state index in [0.717, 1.165) is 65.4 Å². The highest BCUT2D eigenvalue weighted by Crippen LogP contribution is 2.93. The van der Waals surface area contributed by atoms with Gasteiger partial charge in [-0.05, 0) is 154 Å². The number of hydrogen-bond donors (Lipinski definition) is 0. The van der Waals surface area contributed by atoms with Gasteiger partial charge < -0.3 is 14.2 Å². The van der Waals surface area contributed by atoms with E-state index in [4.69, 9.17) is 37.4 Å². The van der Waals surface area contributed by atoms with Gasteiger partial charge in [0.25, 0.3) is 0 Å². The number of halogens is 2. The van der Waals surface area contributed by atoms with Crippen LogP contribution in [-0.2, 0) is 46.9 Å². The van der Waals surface area contributed by atoms with Crippen molar-refractivity contribution in [2.24, 2.45) is 0 Å². The lowest BCUT2D eigenvalue weighted by Gasteiger charge is -2.46. The summed E-state index contributed by atoms with van der Waals surface area (Å²) in [4.78, 5) is 15.2. The van der Waals surface area contributed by atoms with Gasteiger partial charge in [-0.3, -0.25) is 0 Å². The Bertz CT molecular complexity index is 2920. The first-order valence-corrected chi connectivity index (χ1v) is 29.7. The second-order valence-corrected chi connectivity index (χ2v) is 25.9. The largest absolute Gasteiger partial charge is 0.496 e. The summed E-state index contributed by atoms with van der Waals surface area (Å²) < 4.78 is 20.4. The molecule has 70 heavy (non-hydrogen) atoms. The minimum absolute atomic E-state index is 0.00109. The Kier molecular flexibility index (Phi) is 12.3. The highest BCUT2D eigenvalue weighted by molar-refractivity contribution is 8.01. The van der Waals surface area contributed by atoms with Gasteiger partial charge >= 0.3 is 5.97 Å². The molecule has 0 bridgehead atoms. The highest BCUT2D eigenvalue weighted by Gasteiger charge is 2.94. The first-order valence-electron chi connectivity index (χ1n) is 26.8. The molecule has 366 valence electrons. The van der Waals surface area contributed by atoms with Crippen LogP contribution in [0.5, 0.6) is 11.5 Å². The number of ether oxygens (including phenoxy) is 3. The molecule has 3 saturated carbocycles. The summed E-state index contributed by atoms with van der Waals surface area (Å²) >= 11 is 17.5. The molecule has 0 saturated heterocycles. The van der Waals surface area contributed by atoms with E-state index in [1.807, 2.05) is 14.2 Å². The molecule has 3 fully saturated rings. The normalized spacial score (nSPS) is 26.5. The van der Waals surface area contributed by atoms with Crippen LogP contribution < -0.4 is 9.47 Å². The number of fused-ring (bicyclic) bond motifs is 4. The number of thioether (sulfide) groups is 2. The van der Waals surface area contributed by atoms with Gasteiger partial charge in [-0.15, -0.1) is 46.7 Å². The van der Waals surface area contributed by atoms with Crippen molar-refractivity contribution in [1.29, 1.82) is 0 Å². The number of carbonyl (C=O) groups excluding carboxylic acids is 1. The molecule has 0 N–H and O–H groups in total. The number of benzene rings is 5. The average molecular weight is 1010 g/mol. The minimum Gasteiger partial charge on any atom is -0.496 e. The zero-order chi connectivity index (χ0) is 48.3. The Balaban J connectivity index is 1.09. The van der Waals surface area contributed by atoms with E-state index in [1.54, 1.807) is 23.5 Å². The van der Waals surface area contributed by atoms with Crippen LogP contribution >= 0.6 is 46.7 Å². The molecule has 7 unspecified atom stereocenters. The second kappa shape index (κ2) is 18.1. The van der Waals surface area contributed by atoms with Crippen LogP contribution in [0.4, 0.5) is 0 Å². The van der Waals surface area contributed by atoms with Crippen molar-refractivity contribution in [3.05, 3.63) is 162 Å². The van der Waals surface area contributed by atoms with Crippen molar-refractivity contribution in [3.8, 4) is 11.5 Å². The highest BCUT2D eigenvalue weighted by atomic mass is 35.5. The molecule has 0 radical (unpaired) electrons. The molecular weight excluding hydrogens is 944 g/mol. The summed E-state index contributed by atoms with van der Waals surface area (Å²) in [7, 11) is 3.70. The molecule has 5 aromatic carbocycles. The van der Waals surface area contributed by atoms with Crippen molar-refractivity contribution >= 4 is 52.7 Å². The fourth-order valence-corrected chi connectivity index (χ4v) is 17.9. The SMILES string of the molecule is CCSC(Cl)Cc1ccc(C2(c3ccc(C4CCCCC4)cc3OC)c3c4c(c5c6c3C3C6(OC5=O)C3(c3ccc(CC(Cl)SCC)cc3CC)c3ccc(C5CCCCC5)cc3OC)C42)c(CC)c1. The Morgan fingerprint density at radius 2 is 1.13 bits per heavy atom. The molecular formula is C62H68Cl2O4S2. The van der Waals surface area contributed by atoms with Gasteiger partial charge in [0, 0.05) is 28.5 Å². The van der Waals surface area contributed by atoms with Gasteiger partial charge in [0.05, 0.1) is 40.0 Å². The van der Waals surface area contributed by atoms with Crippen LogP contribution in [0.3, 0.4) is 0 Å². The molecule has 12 rings (SSSR count). The lowest BCUT2D eigenvalue weighted by molar-refractivity contribution is 0.0208. The third kappa shape index (κ3) is 6.59. The number of esters is 1. The number of rotatable bonds is 18. The summed E-state index contributed by atoms with van der Waals surface area (Å²) in [5.74, 6) is 4.70. The van der Waals surface area contributed by atoms with Crippen molar-refractivity contribution in [2.75, 3.05) is 25.7 Å². The summed E-state index contributed by atoms with van der Waals surface area (Å²) in [6.45, 7) is 8.92. The van der Waals surface area contributed by atoms with E-state index in [2.05, 4.69) is 100 Å². The average Bonchev–Trinajstić information content (AvgIpc) is 4.18. The van der Waals surface area contributed by atoms with Crippen LogP contribution in [0.25, 0.3) is 0 Å². The fraction of sp³-hybridized carbons (Fsp3) is 0.500. The van der Waals surface area contributed by atoms with E-state index in [9.17, 15) is 0 Å². The number of methoxy groups -OCH3 is 2. The lowest BCUT2D eigenvalue weighted by Crippen LogP contribution is -2.41.